The van der Waals surface area contributed by atoms with E-state index in [0.717, 1.165) is 0 Å². The maximum absolute atomic E-state index is 13.6. The second-order valence-electron chi connectivity index (χ2n) is 9.57. The smallest absolute Gasteiger partial charge is 0.322 e. The van der Waals surface area contributed by atoms with Crippen LogP contribution in [0.25, 0.3) is 0 Å². The summed E-state index contributed by atoms with van der Waals surface area (Å²) in [5.74, 6) is -5.24. The van der Waals surface area contributed by atoms with Gasteiger partial charge in [0.25, 0.3) is 0 Å². The molecule has 2 saturated heterocycles. The minimum absolute atomic E-state index is 0.0626. The minimum atomic E-state index is -1.62. The largest absolute Gasteiger partial charge is 0.378 e. The number of benzene rings is 1. The molecule has 13 heteroatoms. The number of carbonyl (C=O) groups is 3. The molecule has 0 unspecified atom stereocenters. The average Bonchev–Trinajstić information content (AvgIpc) is 3.40. The zero-order valence-electron chi connectivity index (χ0n) is 20.4. The number of fused-ring (bicyclic) bond motifs is 1. The summed E-state index contributed by atoms with van der Waals surface area (Å²) in [5, 5.41) is 6.81. The van der Waals surface area contributed by atoms with E-state index in [0.29, 0.717) is 56.4 Å². The molecule has 1 aromatic heterocycles. The Labute approximate surface area is 210 Å². The van der Waals surface area contributed by atoms with E-state index in [1.54, 1.807) is 27.6 Å². The molecule has 3 atom stereocenters. The van der Waals surface area contributed by atoms with Gasteiger partial charge < -0.3 is 24.8 Å². The number of amides is 4. The van der Waals surface area contributed by atoms with Gasteiger partial charge in [0.1, 0.15) is 0 Å². The van der Waals surface area contributed by atoms with Crippen molar-refractivity contribution in [3.63, 3.8) is 0 Å². The first-order valence-electron chi connectivity index (χ1n) is 12.1. The summed E-state index contributed by atoms with van der Waals surface area (Å²) >= 11 is 0. The second-order valence-corrected chi connectivity index (χ2v) is 9.57. The van der Waals surface area contributed by atoms with Crippen molar-refractivity contribution in [1.82, 2.24) is 19.6 Å². The van der Waals surface area contributed by atoms with Gasteiger partial charge in [-0.05, 0) is 13.8 Å². The lowest BCUT2D eigenvalue weighted by Gasteiger charge is -2.35. The number of nitrogens with one attached hydrogen (secondary N) is 1. The quantitative estimate of drug-likeness (QED) is 0.627. The summed E-state index contributed by atoms with van der Waals surface area (Å²) in [6.07, 6.45) is 1.63. The van der Waals surface area contributed by atoms with Crippen LogP contribution in [0.2, 0.25) is 0 Å². The normalized spacial score (nSPS) is 23.9. The molecule has 2 aromatic rings. The number of anilines is 2. The van der Waals surface area contributed by atoms with Crippen LogP contribution in [0.1, 0.15) is 26.0 Å². The average molecular weight is 521 g/mol. The summed E-state index contributed by atoms with van der Waals surface area (Å²) in [6, 6.07) is 0.0203. The zero-order chi connectivity index (χ0) is 26.4. The Morgan fingerprint density at radius 1 is 1.11 bits per heavy atom. The Hall–Kier alpha value is -3.61. The van der Waals surface area contributed by atoms with Crippen LogP contribution in [0.5, 0.6) is 0 Å². The van der Waals surface area contributed by atoms with Gasteiger partial charge in [0.2, 0.25) is 11.8 Å². The lowest BCUT2D eigenvalue weighted by molar-refractivity contribution is -0.140. The van der Waals surface area contributed by atoms with E-state index < -0.39 is 35.4 Å². The summed E-state index contributed by atoms with van der Waals surface area (Å²) < 4.78 is 47.5. The van der Waals surface area contributed by atoms with Crippen LogP contribution in [0.15, 0.2) is 18.3 Å². The lowest BCUT2D eigenvalue weighted by Crippen LogP contribution is -2.48. The standard InChI is InChI=1S/C24H27F3N6O4/c1-13-11-32-20(12-31(13)24(36)29-15-7-17(25)22(27)18(26)8-15)19(10-28-32)33-14(2)16(9-21(33)34)23(35)30-3-5-37-6-4-30/h7-8,10,13-14,16H,3-6,9,11-12H2,1-2H3,(H,29,36)/t13-,14-,16+/m0/s1. The van der Waals surface area contributed by atoms with Crippen LogP contribution in [0.4, 0.5) is 29.3 Å². The molecule has 0 aliphatic carbocycles. The lowest BCUT2D eigenvalue weighted by atomic mass is 9.99. The highest BCUT2D eigenvalue weighted by molar-refractivity contribution is 6.01. The Kier molecular flexibility index (Phi) is 6.56. The number of nitrogens with zero attached hydrogens (tertiary/aromatic N) is 5. The van der Waals surface area contributed by atoms with E-state index in [1.165, 1.54) is 4.90 Å². The first kappa shape index (κ1) is 25.1. The molecular weight excluding hydrogens is 493 g/mol. The van der Waals surface area contributed by atoms with Gasteiger partial charge >= 0.3 is 6.03 Å². The summed E-state index contributed by atoms with van der Waals surface area (Å²) in [4.78, 5) is 43.9. The Morgan fingerprint density at radius 3 is 2.46 bits per heavy atom. The van der Waals surface area contributed by atoms with E-state index >= 15 is 0 Å². The van der Waals surface area contributed by atoms with Gasteiger partial charge in [0.05, 0.1) is 55.8 Å². The molecule has 0 saturated carbocycles. The monoisotopic (exact) mass is 520 g/mol. The third-order valence-corrected chi connectivity index (χ3v) is 7.26. The first-order valence-corrected chi connectivity index (χ1v) is 12.1. The van der Waals surface area contributed by atoms with E-state index in [1.807, 2.05) is 6.92 Å². The van der Waals surface area contributed by atoms with Crippen molar-refractivity contribution in [3.8, 4) is 0 Å². The topological polar surface area (TPSA) is 100 Å². The van der Waals surface area contributed by atoms with Crippen molar-refractivity contribution in [2.45, 2.75) is 45.4 Å². The molecule has 1 aromatic carbocycles. The van der Waals surface area contributed by atoms with Crippen LogP contribution in [0.3, 0.4) is 0 Å². The second kappa shape index (κ2) is 9.69. The number of urea groups is 1. The maximum Gasteiger partial charge on any atom is 0.322 e. The van der Waals surface area contributed by atoms with Crippen molar-refractivity contribution in [2.75, 3.05) is 36.5 Å². The third-order valence-electron chi connectivity index (χ3n) is 7.26. The molecule has 1 N–H and O–H groups in total. The molecule has 2 fully saturated rings. The van der Waals surface area contributed by atoms with Crippen LogP contribution in [-0.4, -0.2) is 75.8 Å². The molecule has 37 heavy (non-hydrogen) atoms. The Balaban J connectivity index is 1.35. The number of hydrogen-bond donors (Lipinski definition) is 1. The van der Waals surface area contributed by atoms with E-state index in [4.69, 9.17) is 4.74 Å². The van der Waals surface area contributed by atoms with Crippen LogP contribution in [-0.2, 0) is 27.4 Å². The number of carbonyl (C=O) groups excluding carboxylic acids is 3. The third kappa shape index (κ3) is 4.52. The van der Waals surface area contributed by atoms with Gasteiger partial charge in [-0.1, -0.05) is 0 Å². The number of hydrogen-bond acceptors (Lipinski definition) is 5. The number of aromatic nitrogens is 2. The van der Waals surface area contributed by atoms with Gasteiger partial charge in [-0.3, -0.25) is 14.3 Å². The van der Waals surface area contributed by atoms with Crippen molar-refractivity contribution >= 4 is 29.2 Å². The fourth-order valence-corrected chi connectivity index (χ4v) is 5.21. The maximum atomic E-state index is 13.6. The van der Waals surface area contributed by atoms with E-state index in [9.17, 15) is 27.6 Å². The van der Waals surface area contributed by atoms with Gasteiger partial charge in [-0.15, -0.1) is 0 Å². The van der Waals surface area contributed by atoms with Gasteiger partial charge in [0, 0.05) is 43.4 Å². The molecule has 0 radical (unpaired) electrons. The van der Waals surface area contributed by atoms with Gasteiger partial charge in [0.15, 0.2) is 17.5 Å². The van der Waals surface area contributed by atoms with Gasteiger partial charge in [-0.2, -0.15) is 5.10 Å². The molecule has 4 amide bonds. The first-order chi connectivity index (χ1) is 17.7. The minimum Gasteiger partial charge on any atom is -0.378 e. The fraction of sp³-hybridized carbons (Fsp3) is 0.500. The van der Waals surface area contributed by atoms with E-state index in [-0.39, 0.29) is 36.5 Å². The SMILES string of the molecule is C[C@H]1Cn2ncc(N3C(=O)C[C@@H](C(=O)N4CCOCC4)[C@@H]3C)c2CN1C(=O)Nc1cc(F)c(F)c(F)c1. The van der Waals surface area contributed by atoms with Crippen molar-refractivity contribution in [3.05, 3.63) is 41.5 Å². The molecule has 0 bridgehead atoms. The molecule has 3 aliphatic heterocycles. The molecule has 5 rings (SSSR count). The Bertz CT molecular complexity index is 1220. The molecular formula is C24H27F3N6O4. The van der Waals surface area contributed by atoms with E-state index in [2.05, 4.69) is 10.4 Å². The van der Waals surface area contributed by atoms with Crippen molar-refractivity contribution < 1.29 is 32.3 Å². The zero-order valence-corrected chi connectivity index (χ0v) is 20.4. The van der Waals surface area contributed by atoms with Gasteiger partial charge in [-0.25, -0.2) is 18.0 Å². The molecule has 0 spiro atoms. The Morgan fingerprint density at radius 2 is 1.78 bits per heavy atom. The highest BCUT2D eigenvalue weighted by Crippen LogP contribution is 2.36. The number of rotatable bonds is 3. The van der Waals surface area contributed by atoms with Crippen molar-refractivity contribution in [1.29, 1.82) is 0 Å². The van der Waals surface area contributed by atoms with Crippen LogP contribution >= 0.6 is 0 Å². The summed E-state index contributed by atoms with van der Waals surface area (Å²) in [6.45, 7) is 5.91. The highest BCUT2D eigenvalue weighted by Gasteiger charge is 2.45. The number of morpholine rings is 1. The molecule has 10 nitrogen and oxygen atoms in total. The number of halogens is 3. The summed E-state index contributed by atoms with van der Waals surface area (Å²) in [7, 11) is 0. The fourth-order valence-electron chi connectivity index (χ4n) is 5.21. The van der Waals surface area contributed by atoms with Crippen molar-refractivity contribution in [2.24, 2.45) is 5.92 Å². The summed E-state index contributed by atoms with van der Waals surface area (Å²) in [5.41, 5.74) is 0.892. The van der Waals surface area contributed by atoms with Crippen LogP contribution < -0.4 is 10.2 Å². The van der Waals surface area contributed by atoms with Crippen LogP contribution in [0, 0.1) is 23.4 Å². The molecule has 3 aliphatic rings. The predicted molar refractivity (Wildman–Crippen MR) is 125 cm³/mol. The highest BCUT2D eigenvalue weighted by atomic mass is 19.2. The molecule has 4 heterocycles. The molecule has 198 valence electrons. The predicted octanol–water partition coefficient (Wildman–Crippen LogP) is 2.34. The number of ether oxygens (including phenoxy) is 1.